The maximum absolute atomic E-state index is 13.8. The molecule has 10 heteroatoms. The van der Waals surface area contributed by atoms with Gasteiger partial charge in [-0.25, -0.2) is 18.7 Å². The van der Waals surface area contributed by atoms with Crippen LogP contribution in [0.5, 0.6) is 0 Å². The van der Waals surface area contributed by atoms with Crippen LogP contribution in [0.15, 0.2) is 41.2 Å². The Balaban J connectivity index is 1.73. The third kappa shape index (κ3) is 4.58. The summed E-state index contributed by atoms with van der Waals surface area (Å²) in [7, 11) is 0. The molecule has 0 atom stereocenters. The molecule has 2 aliphatic heterocycles. The van der Waals surface area contributed by atoms with Crippen LogP contribution in [-0.4, -0.2) is 35.2 Å². The first-order chi connectivity index (χ1) is 14.8. The van der Waals surface area contributed by atoms with Crippen LogP contribution < -0.4 is 10.2 Å². The van der Waals surface area contributed by atoms with Gasteiger partial charge in [-0.3, -0.25) is 0 Å². The first-order valence-electron chi connectivity index (χ1n) is 9.99. The van der Waals surface area contributed by atoms with E-state index in [0.717, 1.165) is 24.0 Å². The Morgan fingerprint density at radius 2 is 1.84 bits per heavy atom. The third-order valence-corrected chi connectivity index (χ3v) is 5.16. The summed E-state index contributed by atoms with van der Waals surface area (Å²) in [5.41, 5.74) is 1.03. The topological polar surface area (TPSA) is 53.4 Å². The van der Waals surface area contributed by atoms with E-state index in [2.05, 4.69) is 26.5 Å². The Hall–Kier alpha value is -3.04. The quantitative estimate of drug-likeness (QED) is 0.472. The molecule has 1 saturated heterocycles. The minimum absolute atomic E-state index is 0.0570. The molecule has 0 spiro atoms. The summed E-state index contributed by atoms with van der Waals surface area (Å²) in [6, 6.07) is 5.04. The molecule has 0 aliphatic carbocycles. The Morgan fingerprint density at radius 3 is 2.41 bits per heavy atom. The van der Waals surface area contributed by atoms with Crippen LogP contribution in [0.4, 0.5) is 39.4 Å². The number of alkyl halides is 5. The molecule has 1 fully saturated rings. The van der Waals surface area contributed by atoms with Crippen LogP contribution in [-0.2, 0) is 6.18 Å². The van der Waals surface area contributed by atoms with E-state index in [9.17, 15) is 22.0 Å². The molecule has 0 bridgehead atoms. The van der Waals surface area contributed by atoms with E-state index in [1.165, 1.54) is 4.90 Å². The summed E-state index contributed by atoms with van der Waals surface area (Å²) in [4.78, 5) is 14.0. The van der Waals surface area contributed by atoms with Gasteiger partial charge < -0.3 is 15.2 Å². The van der Waals surface area contributed by atoms with Gasteiger partial charge in [0.2, 0.25) is 0 Å². The second kappa shape index (κ2) is 7.53. The van der Waals surface area contributed by atoms with E-state index in [-0.39, 0.29) is 30.0 Å². The van der Waals surface area contributed by atoms with Crippen LogP contribution in [0, 0.1) is 5.41 Å². The highest BCUT2D eigenvalue weighted by molar-refractivity contribution is 6.17. The molecule has 4 rings (SSSR count). The van der Waals surface area contributed by atoms with E-state index in [0.29, 0.717) is 17.0 Å². The number of aromatic nitrogens is 2. The fourth-order valence-corrected chi connectivity index (χ4v) is 3.54. The monoisotopic (exact) mass is 450 g/mol. The highest BCUT2D eigenvalue weighted by Crippen LogP contribution is 2.40. The molecule has 0 saturated carbocycles. The number of hydrogen-bond acceptors (Lipinski definition) is 5. The minimum atomic E-state index is -4.52. The number of nitrogens with zero attached hydrogens (tertiary/aromatic N) is 4. The normalized spacial score (nSPS) is 18.2. The summed E-state index contributed by atoms with van der Waals surface area (Å²) in [6.07, 6.45) is -0.879. The summed E-state index contributed by atoms with van der Waals surface area (Å²) >= 11 is 0. The van der Waals surface area contributed by atoms with Crippen molar-refractivity contribution in [3.63, 3.8) is 0 Å². The largest absolute Gasteiger partial charge is 0.416 e. The third-order valence-electron chi connectivity index (χ3n) is 5.16. The zero-order valence-electron chi connectivity index (χ0n) is 17.7. The smallest absolute Gasteiger partial charge is 0.356 e. The lowest BCUT2D eigenvalue weighted by Gasteiger charge is -2.34. The zero-order chi connectivity index (χ0) is 23.3. The predicted molar refractivity (Wildman–Crippen MR) is 112 cm³/mol. The maximum atomic E-state index is 13.8. The van der Waals surface area contributed by atoms with Gasteiger partial charge in [0.1, 0.15) is 17.5 Å². The number of anilines is 3. The second-order valence-electron chi connectivity index (χ2n) is 8.88. The lowest BCUT2D eigenvalue weighted by atomic mass is 9.84. The zero-order valence-corrected chi connectivity index (χ0v) is 17.7. The van der Waals surface area contributed by atoms with E-state index >= 15 is 0 Å². The first-order valence-corrected chi connectivity index (χ1v) is 9.99. The lowest BCUT2D eigenvalue weighted by Crippen LogP contribution is -2.26. The number of pyridine rings is 2. The number of hydrogen-bond donors (Lipinski definition) is 1. The standard InChI is InChI=1S/C22H21F5N5/c1-20(2,3)19-15(11-29-19)13-8-17(30-16-10-14(4-6-28-16)22(25,26)27)31-18(9-13)32-7-5-21(23,24)12-32/h4,6,8-10H,5,7,12H2,1-3H3,(H,28,30,31)/q-1. The van der Waals surface area contributed by atoms with Crippen LogP contribution >= 0.6 is 0 Å². The number of halogens is 5. The van der Waals surface area contributed by atoms with Gasteiger partial charge in [-0.05, 0) is 29.5 Å². The van der Waals surface area contributed by atoms with Crippen LogP contribution in [0.2, 0.25) is 0 Å². The summed E-state index contributed by atoms with van der Waals surface area (Å²) in [5.74, 6) is -2.40. The highest BCUT2D eigenvalue weighted by atomic mass is 19.4. The van der Waals surface area contributed by atoms with Crippen molar-refractivity contribution in [2.75, 3.05) is 23.3 Å². The Kier molecular flexibility index (Phi) is 5.21. The fourth-order valence-electron chi connectivity index (χ4n) is 3.54. The lowest BCUT2D eigenvalue weighted by molar-refractivity contribution is -0.137. The average molecular weight is 450 g/mol. The molecule has 2 aliphatic rings. The van der Waals surface area contributed by atoms with Crippen LogP contribution in [0.1, 0.15) is 38.3 Å². The van der Waals surface area contributed by atoms with Gasteiger partial charge in [-0.2, -0.15) is 13.2 Å². The van der Waals surface area contributed by atoms with Gasteiger partial charge >= 0.3 is 6.18 Å². The first kappa shape index (κ1) is 22.2. The van der Waals surface area contributed by atoms with Crippen molar-refractivity contribution >= 4 is 29.2 Å². The molecule has 0 radical (unpaired) electrons. The summed E-state index contributed by atoms with van der Waals surface area (Å²) in [6.45, 7) is 5.60. The Labute approximate surface area is 182 Å². The molecule has 2 aromatic heterocycles. The number of allylic oxidation sites excluding steroid dienone is 2. The molecule has 5 nitrogen and oxygen atoms in total. The van der Waals surface area contributed by atoms with Gasteiger partial charge in [0.05, 0.1) is 12.1 Å². The van der Waals surface area contributed by atoms with Crippen molar-refractivity contribution in [3.8, 4) is 0 Å². The van der Waals surface area contributed by atoms with Crippen molar-refractivity contribution in [1.82, 2.24) is 9.97 Å². The van der Waals surface area contributed by atoms with Gasteiger partial charge in [-0.1, -0.05) is 38.5 Å². The molecular weight excluding hydrogens is 429 g/mol. The Morgan fingerprint density at radius 1 is 1.09 bits per heavy atom. The van der Waals surface area contributed by atoms with Gasteiger partial charge in [0, 0.05) is 19.2 Å². The molecule has 0 aromatic carbocycles. The minimum Gasteiger partial charge on any atom is -0.356 e. The molecular formula is C22H21F5N5-. The average Bonchev–Trinajstić information content (AvgIpc) is 2.99. The van der Waals surface area contributed by atoms with Gasteiger partial charge in [-0.15, -0.1) is 5.57 Å². The summed E-state index contributed by atoms with van der Waals surface area (Å²) in [5, 5.41) is 2.78. The Bertz CT molecular complexity index is 1100. The SMILES string of the molecule is CC(C)(C)C1=C(c2cc(Nc3cc(C(F)(F)F)ccn3)nc(N3CCC(F)(F)C3)c2)[C-]=N1. The molecule has 2 aromatic rings. The van der Waals surface area contributed by atoms with Crippen molar-refractivity contribution in [1.29, 1.82) is 0 Å². The van der Waals surface area contributed by atoms with E-state index < -0.39 is 24.2 Å². The molecule has 0 unspecified atom stereocenters. The fraction of sp³-hybridized carbons (Fsp3) is 0.409. The van der Waals surface area contributed by atoms with Gasteiger partial charge in [0.15, 0.2) is 0 Å². The molecule has 1 N–H and O–H groups in total. The molecule has 170 valence electrons. The molecule has 4 heterocycles. The van der Waals surface area contributed by atoms with Crippen molar-refractivity contribution in [3.05, 3.63) is 47.3 Å². The second-order valence-corrected chi connectivity index (χ2v) is 8.88. The number of aliphatic imine (C=N–C) groups is 1. The number of nitrogens with one attached hydrogen (secondary N) is 1. The molecule has 32 heavy (non-hydrogen) atoms. The van der Waals surface area contributed by atoms with E-state index in [1.54, 1.807) is 12.1 Å². The van der Waals surface area contributed by atoms with Crippen molar-refractivity contribution in [2.45, 2.75) is 39.3 Å². The predicted octanol–water partition coefficient (Wildman–Crippen LogP) is 5.80. The molecule has 0 amide bonds. The van der Waals surface area contributed by atoms with Crippen LogP contribution in [0.25, 0.3) is 5.57 Å². The summed E-state index contributed by atoms with van der Waals surface area (Å²) < 4.78 is 66.8. The van der Waals surface area contributed by atoms with Crippen molar-refractivity contribution in [2.24, 2.45) is 10.4 Å². The van der Waals surface area contributed by atoms with Gasteiger partial charge in [0.25, 0.3) is 5.92 Å². The van der Waals surface area contributed by atoms with Crippen LogP contribution in [0.3, 0.4) is 0 Å². The number of rotatable bonds is 4. The van der Waals surface area contributed by atoms with Crippen molar-refractivity contribution < 1.29 is 22.0 Å². The van der Waals surface area contributed by atoms with E-state index in [1.807, 2.05) is 20.8 Å². The maximum Gasteiger partial charge on any atom is 0.416 e. The van der Waals surface area contributed by atoms with E-state index in [4.69, 9.17) is 0 Å². The highest BCUT2D eigenvalue weighted by Gasteiger charge is 2.39.